The molecule has 8 heteroatoms. The number of carbonyl (C=O) groups is 1. The molecule has 1 aliphatic heterocycles. The molecular formula is C11H15NO5S2. The lowest BCUT2D eigenvalue weighted by molar-refractivity contribution is -0.153. The van der Waals surface area contributed by atoms with Crippen LogP contribution in [0.4, 0.5) is 0 Å². The van der Waals surface area contributed by atoms with Crippen LogP contribution in [0.2, 0.25) is 0 Å². The first-order valence-corrected chi connectivity index (χ1v) is 8.14. The molecule has 19 heavy (non-hydrogen) atoms. The largest absolute Gasteiger partial charge is 0.479 e. The van der Waals surface area contributed by atoms with E-state index in [4.69, 9.17) is 9.84 Å². The molecular weight excluding hydrogens is 290 g/mol. The van der Waals surface area contributed by atoms with E-state index in [9.17, 15) is 13.2 Å². The number of carboxylic acid groups (broad SMARTS) is 1. The molecule has 1 saturated heterocycles. The molecule has 2 rings (SSSR count). The van der Waals surface area contributed by atoms with Gasteiger partial charge in [-0.2, -0.15) is 4.31 Å². The van der Waals surface area contributed by atoms with Gasteiger partial charge in [-0.3, -0.25) is 0 Å². The van der Waals surface area contributed by atoms with Crippen LogP contribution in [0.1, 0.15) is 11.8 Å². The fourth-order valence-electron chi connectivity index (χ4n) is 1.81. The number of sulfonamides is 1. The van der Waals surface area contributed by atoms with Gasteiger partial charge in [-0.1, -0.05) is 6.92 Å². The predicted molar refractivity (Wildman–Crippen MR) is 69.8 cm³/mol. The van der Waals surface area contributed by atoms with E-state index in [0.717, 1.165) is 11.3 Å². The van der Waals surface area contributed by atoms with Crippen molar-refractivity contribution in [3.05, 3.63) is 17.0 Å². The van der Waals surface area contributed by atoms with E-state index < -0.39 is 22.1 Å². The van der Waals surface area contributed by atoms with Crippen LogP contribution < -0.4 is 0 Å². The van der Waals surface area contributed by atoms with Crippen molar-refractivity contribution in [3.8, 4) is 0 Å². The first kappa shape index (κ1) is 14.4. The van der Waals surface area contributed by atoms with Gasteiger partial charge in [0.2, 0.25) is 0 Å². The number of nitrogens with zero attached hydrogens (tertiary/aromatic N) is 1. The molecule has 1 atom stereocenters. The van der Waals surface area contributed by atoms with Crippen LogP contribution in [0.5, 0.6) is 0 Å². The van der Waals surface area contributed by atoms with Gasteiger partial charge in [0.25, 0.3) is 10.0 Å². The smallest absolute Gasteiger partial charge is 0.334 e. The minimum absolute atomic E-state index is 0.0994. The highest BCUT2D eigenvalue weighted by Crippen LogP contribution is 2.26. The zero-order valence-electron chi connectivity index (χ0n) is 10.4. The lowest BCUT2D eigenvalue weighted by atomic mass is 10.3. The molecule has 1 aromatic heterocycles. The summed E-state index contributed by atoms with van der Waals surface area (Å²) < 4.78 is 31.2. The van der Waals surface area contributed by atoms with Crippen molar-refractivity contribution in [1.29, 1.82) is 0 Å². The molecule has 0 aliphatic carbocycles. The summed E-state index contributed by atoms with van der Waals surface area (Å²) in [6, 6.07) is 3.36. The number of carboxylic acids is 1. The van der Waals surface area contributed by atoms with Crippen LogP contribution in [0.15, 0.2) is 16.3 Å². The second kappa shape index (κ2) is 5.58. The summed E-state index contributed by atoms with van der Waals surface area (Å²) in [4.78, 5) is 11.9. The van der Waals surface area contributed by atoms with Crippen LogP contribution in [0, 0.1) is 0 Å². The van der Waals surface area contributed by atoms with Gasteiger partial charge in [0.15, 0.2) is 6.10 Å². The minimum Gasteiger partial charge on any atom is -0.479 e. The molecule has 1 unspecified atom stereocenters. The van der Waals surface area contributed by atoms with Gasteiger partial charge < -0.3 is 9.84 Å². The topological polar surface area (TPSA) is 83.9 Å². The Morgan fingerprint density at radius 1 is 1.58 bits per heavy atom. The third-order valence-corrected chi connectivity index (χ3v) is 6.45. The van der Waals surface area contributed by atoms with Crippen molar-refractivity contribution in [2.45, 2.75) is 23.7 Å². The summed E-state index contributed by atoms with van der Waals surface area (Å²) >= 11 is 1.23. The van der Waals surface area contributed by atoms with Gasteiger partial charge in [-0.15, -0.1) is 11.3 Å². The number of ether oxygens (including phenoxy) is 1. The Balaban J connectivity index is 2.21. The first-order chi connectivity index (χ1) is 8.95. The van der Waals surface area contributed by atoms with E-state index in [0.29, 0.717) is 0 Å². The monoisotopic (exact) mass is 305 g/mol. The van der Waals surface area contributed by atoms with Gasteiger partial charge in [0.05, 0.1) is 13.2 Å². The van der Waals surface area contributed by atoms with Gasteiger partial charge >= 0.3 is 5.97 Å². The molecule has 0 saturated carbocycles. The number of hydrogen-bond donors (Lipinski definition) is 1. The SMILES string of the molecule is CCc1ccc(S(=O)(=O)N2CCOC(C(=O)O)C2)s1. The summed E-state index contributed by atoms with van der Waals surface area (Å²) in [5.74, 6) is -1.14. The molecule has 1 aliphatic rings. The fourth-order valence-corrected chi connectivity index (χ4v) is 4.68. The Kier molecular flexibility index (Phi) is 4.24. The van der Waals surface area contributed by atoms with E-state index in [-0.39, 0.29) is 23.9 Å². The van der Waals surface area contributed by atoms with Crippen molar-refractivity contribution in [2.75, 3.05) is 19.7 Å². The van der Waals surface area contributed by atoms with Crippen molar-refractivity contribution in [3.63, 3.8) is 0 Å². The summed E-state index contributed by atoms with van der Waals surface area (Å²) in [6.45, 7) is 2.10. The lowest BCUT2D eigenvalue weighted by Gasteiger charge is -2.29. The average molecular weight is 305 g/mol. The highest BCUT2D eigenvalue weighted by molar-refractivity contribution is 7.91. The molecule has 2 heterocycles. The maximum Gasteiger partial charge on any atom is 0.334 e. The van der Waals surface area contributed by atoms with Gasteiger partial charge in [0.1, 0.15) is 4.21 Å². The standard InChI is InChI=1S/C11H15NO5S2/c1-2-8-3-4-10(18-8)19(15,16)12-5-6-17-9(7-12)11(13)14/h3-4,9H,2,5-7H2,1H3,(H,13,14). The van der Waals surface area contributed by atoms with E-state index in [1.54, 1.807) is 12.1 Å². The molecule has 1 fully saturated rings. The highest BCUT2D eigenvalue weighted by atomic mass is 32.2. The second-order valence-corrected chi connectivity index (χ2v) is 7.47. The fraction of sp³-hybridized carbons (Fsp3) is 0.545. The first-order valence-electron chi connectivity index (χ1n) is 5.88. The Hall–Kier alpha value is -0.960. The Labute approximate surface area is 115 Å². The number of aliphatic carboxylic acids is 1. The van der Waals surface area contributed by atoms with Crippen LogP contribution in [-0.2, 0) is 26.0 Å². The van der Waals surface area contributed by atoms with Gasteiger partial charge in [0, 0.05) is 11.4 Å². The van der Waals surface area contributed by atoms with Gasteiger partial charge in [-0.25, -0.2) is 13.2 Å². The molecule has 1 N–H and O–H groups in total. The molecule has 0 aromatic carbocycles. The molecule has 0 spiro atoms. The highest BCUT2D eigenvalue weighted by Gasteiger charge is 2.34. The third kappa shape index (κ3) is 2.97. The van der Waals surface area contributed by atoms with E-state index >= 15 is 0 Å². The van der Waals surface area contributed by atoms with Crippen molar-refractivity contribution < 1.29 is 23.1 Å². The zero-order valence-corrected chi connectivity index (χ0v) is 12.0. The number of rotatable bonds is 4. The average Bonchev–Trinajstić information content (AvgIpc) is 2.88. The number of aryl methyl sites for hydroxylation is 1. The third-order valence-electron chi connectivity index (χ3n) is 2.88. The predicted octanol–water partition coefficient (Wildman–Crippen LogP) is 0.785. The molecule has 0 amide bonds. The minimum atomic E-state index is -3.61. The van der Waals surface area contributed by atoms with Crippen LogP contribution in [0.25, 0.3) is 0 Å². The van der Waals surface area contributed by atoms with Crippen molar-refractivity contribution in [1.82, 2.24) is 4.31 Å². The molecule has 0 radical (unpaired) electrons. The van der Waals surface area contributed by atoms with E-state index in [1.165, 1.54) is 15.6 Å². The Bertz CT molecular complexity index is 565. The molecule has 0 bridgehead atoms. The van der Waals surface area contributed by atoms with E-state index in [2.05, 4.69) is 0 Å². The zero-order chi connectivity index (χ0) is 14.0. The summed E-state index contributed by atoms with van der Waals surface area (Å²) in [5.41, 5.74) is 0. The molecule has 1 aromatic rings. The quantitative estimate of drug-likeness (QED) is 0.889. The Morgan fingerprint density at radius 3 is 2.89 bits per heavy atom. The lowest BCUT2D eigenvalue weighted by Crippen LogP contribution is -2.48. The van der Waals surface area contributed by atoms with Crippen molar-refractivity contribution >= 4 is 27.3 Å². The van der Waals surface area contributed by atoms with E-state index in [1.807, 2.05) is 6.92 Å². The number of hydrogen-bond acceptors (Lipinski definition) is 5. The maximum absolute atomic E-state index is 12.4. The summed E-state index contributed by atoms with van der Waals surface area (Å²) in [5, 5.41) is 8.89. The van der Waals surface area contributed by atoms with Crippen molar-refractivity contribution in [2.24, 2.45) is 0 Å². The van der Waals surface area contributed by atoms with Crippen LogP contribution in [-0.4, -0.2) is 49.6 Å². The normalized spacial score (nSPS) is 21.4. The van der Waals surface area contributed by atoms with Crippen LogP contribution >= 0.6 is 11.3 Å². The van der Waals surface area contributed by atoms with Crippen LogP contribution in [0.3, 0.4) is 0 Å². The Morgan fingerprint density at radius 2 is 2.32 bits per heavy atom. The molecule has 6 nitrogen and oxygen atoms in total. The maximum atomic E-state index is 12.4. The second-order valence-electron chi connectivity index (χ2n) is 4.14. The summed E-state index contributed by atoms with van der Waals surface area (Å²) in [7, 11) is -3.61. The van der Waals surface area contributed by atoms with Gasteiger partial charge in [-0.05, 0) is 18.6 Å². The molecule has 106 valence electrons. The number of morpholine rings is 1. The summed E-state index contributed by atoms with van der Waals surface area (Å²) in [6.07, 6.45) is -0.310. The number of thiophene rings is 1.